The summed E-state index contributed by atoms with van der Waals surface area (Å²) < 4.78 is 11.3. The number of carbonyl (C=O) groups is 1. The van der Waals surface area contributed by atoms with Crippen molar-refractivity contribution in [2.24, 2.45) is 0 Å². The minimum absolute atomic E-state index is 0.148. The molecule has 170 valence electrons. The summed E-state index contributed by atoms with van der Waals surface area (Å²) in [6.07, 6.45) is 4.91. The van der Waals surface area contributed by atoms with Crippen molar-refractivity contribution in [1.82, 2.24) is 15.0 Å². The molecular weight excluding hydrogens is 420 g/mol. The molecule has 9 nitrogen and oxygen atoms in total. The van der Waals surface area contributed by atoms with Crippen molar-refractivity contribution in [1.29, 1.82) is 0 Å². The number of aromatic nitrogens is 3. The maximum atomic E-state index is 12.3. The molecule has 4 heterocycles. The number of ether oxygens (including phenoxy) is 2. The van der Waals surface area contributed by atoms with Crippen molar-refractivity contribution < 1.29 is 14.3 Å². The van der Waals surface area contributed by atoms with Crippen LogP contribution in [-0.2, 0) is 9.53 Å². The third-order valence-corrected chi connectivity index (χ3v) is 5.78. The number of amides is 1. The Bertz CT molecular complexity index is 1130. The molecule has 0 atom stereocenters. The van der Waals surface area contributed by atoms with E-state index in [2.05, 4.69) is 15.2 Å². The maximum Gasteiger partial charge on any atom is 0.228 e. The molecule has 0 saturated carbocycles. The van der Waals surface area contributed by atoms with Crippen molar-refractivity contribution >= 4 is 29.0 Å². The highest BCUT2D eigenvalue weighted by atomic mass is 16.5. The van der Waals surface area contributed by atoms with Crippen LogP contribution >= 0.6 is 0 Å². The van der Waals surface area contributed by atoms with E-state index in [1.54, 1.807) is 19.5 Å². The third kappa shape index (κ3) is 4.45. The fourth-order valence-electron chi connectivity index (χ4n) is 4.13. The topological polar surface area (TPSA) is 92.7 Å². The summed E-state index contributed by atoms with van der Waals surface area (Å²) in [6, 6.07) is 11.6. The van der Waals surface area contributed by atoms with Gasteiger partial charge in [-0.1, -0.05) is 12.1 Å². The SMILES string of the molecule is COc1c(Nc2cccnc2)nc(N2CCOCC2)nc1-c1cccc(N2CCCC2=O)c1. The number of nitrogens with one attached hydrogen (secondary N) is 1. The van der Waals surface area contributed by atoms with Crippen LogP contribution in [0.4, 0.5) is 23.1 Å². The molecular formula is C24H26N6O3. The molecule has 0 radical (unpaired) electrons. The summed E-state index contributed by atoms with van der Waals surface area (Å²) >= 11 is 0. The van der Waals surface area contributed by atoms with Crippen LogP contribution < -0.4 is 19.9 Å². The first kappa shape index (κ1) is 21.1. The number of hydrogen-bond acceptors (Lipinski definition) is 8. The Balaban J connectivity index is 1.60. The predicted octanol–water partition coefficient (Wildman–Crippen LogP) is 3.25. The molecule has 1 N–H and O–H groups in total. The molecule has 0 bridgehead atoms. The summed E-state index contributed by atoms with van der Waals surface area (Å²) in [5.41, 5.74) is 3.18. The molecule has 2 aliphatic heterocycles. The first-order chi connectivity index (χ1) is 16.2. The molecule has 2 fully saturated rings. The normalized spacial score (nSPS) is 16.2. The summed E-state index contributed by atoms with van der Waals surface area (Å²) in [5, 5.41) is 3.33. The molecule has 2 aromatic heterocycles. The number of nitrogens with zero attached hydrogens (tertiary/aromatic N) is 5. The Morgan fingerprint density at radius 3 is 2.70 bits per heavy atom. The maximum absolute atomic E-state index is 12.3. The van der Waals surface area contributed by atoms with Gasteiger partial charge in [0.1, 0.15) is 5.69 Å². The summed E-state index contributed by atoms with van der Waals surface area (Å²) in [5.74, 6) is 1.83. The quantitative estimate of drug-likeness (QED) is 0.617. The van der Waals surface area contributed by atoms with Gasteiger partial charge >= 0.3 is 0 Å². The van der Waals surface area contributed by atoms with Crippen molar-refractivity contribution in [3.8, 4) is 17.0 Å². The number of hydrogen-bond donors (Lipinski definition) is 1. The molecule has 0 unspecified atom stereocenters. The van der Waals surface area contributed by atoms with Gasteiger partial charge in [-0.05, 0) is 30.7 Å². The van der Waals surface area contributed by atoms with Crippen molar-refractivity contribution in [2.45, 2.75) is 12.8 Å². The first-order valence-corrected chi connectivity index (χ1v) is 11.1. The van der Waals surface area contributed by atoms with Crippen LogP contribution in [0.2, 0.25) is 0 Å². The fraction of sp³-hybridized carbons (Fsp3) is 0.333. The predicted molar refractivity (Wildman–Crippen MR) is 126 cm³/mol. The highest BCUT2D eigenvalue weighted by Crippen LogP contribution is 2.38. The second-order valence-corrected chi connectivity index (χ2v) is 7.92. The van der Waals surface area contributed by atoms with E-state index < -0.39 is 0 Å². The summed E-state index contributed by atoms with van der Waals surface area (Å²) in [6.45, 7) is 3.40. The molecule has 1 aromatic carbocycles. The number of benzene rings is 1. The van der Waals surface area contributed by atoms with Crippen LogP contribution in [0.3, 0.4) is 0 Å². The number of rotatable bonds is 6. The average Bonchev–Trinajstić information content (AvgIpc) is 3.30. The van der Waals surface area contributed by atoms with Gasteiger partial charge in [0, 0.05) is 43.5 Å². The van der Waals surface area contributed by atoms with Gasteiger partial charge in [-0.25, -0.2) is 4.98 Å². The summed E-state index contributed by atoms with van der Waals surface area (Å²) in [7, 11) is 1.61. The standard InChI is InChI=1S/C24H26N6O3/c1-32-22-21(17-5-2-7-19(15-17)30-10-4-8-20(30)31)27-24(29-11-13-33-14-12-29)28-23(22)26-18-6-3-9-25-16-18/h2-3,5-7,9,15-16H,4,8,10-14H2,1H3,(H,26,27,28). The Hall–Kier alpha value is -3.72. The smallest absolute Gasteiger partial charge is 0.228 e. The average molecular weight is 447 g/mol. The number of morpholine rings is 1. The van der Waals surface area contributed by atoms with E-state index in [0.29, 0.717) is 55.9 Å². The fourth-order valence-corrected chi connectivity index (χ4v) is 4.13. The molecule has 2 saturated heterocycles. The Morgan fingerprint density at radius 1 is 1.09 bits per heavy atom. The van der Waals surface area contributed by atoms with E-state index in [-0.39, 0.29) is 5.91 Å². The van der Waals surface area contributed by atoms with Gasteiger partial charge in [0.15, 0.2) is 11.6 Å². The molecule has 1 amide bonds. The number of anilines is 4. The van der Waals surface area contributed by atoms with Crippen molar-refractivity contribution in [3.63, 3.8) is 0 Å². The Morgan fingerprint density at radius 2 is 1.97 bits per heavy atom. The lowest BCUT2D eigenvalue weighted by atomic mass is 10.1. The van der Waals surface area contributed by atoms with Crippen LogP contribution in [0, 0.1) is 0 Å². The van der Waals surface area contributed by atoms with Crippen LogP contribution in [0.25, 0.3) is 11.3 Å². The molecule has 2 aliphatic rings. The number of methoxy groups -OCH3 is 1. The monoisotopic (exact) mass is 446 g/mol. The largest absolute Gasteiger partial charge is 0.491 e. The lowest BCUT2D eigenvalue weighted by molar-refractivity contribution is -0.117. The number of pyridine rings is 1. The van der Waals surface area contributed by atoms with Crippen LogP contribution in [0.1, 0.15) is 12.8 Å². The minimum Gasteiger partial charge on any atom is -0.491 e. The molecule has 9 heteroatoms. The van der Waals surface area contributed by atoms with E-state index in [1.165, 1.54) is 0 Å². The zero-order chi connectivity index (χ0) is 22.6. The second kappa shape index (κ2) is 9.41. The van der Waals surface area contributed by atoms with Gasteiger partial charge < -0.3 is 24.6 Å². The number of carbonyl (C=O) groups excluding carboxylic acids is 1. The highest BCUT2D eigenvalue weighted by Gasteiger charge is 2.25. The van der Waals surface area contributed by atoms with E-state index >= 15 is 0 Å². The van der Waals surface area contributed by atoms with Gasteiger partial charge in [-0.3, -0.25) is 9.78 Å². The van der Waals surface area contributed by atoms with Crippen LogP contribution in [-0.4, -0.2) is 60.8 Å². The Kier molecular flexibility index (Phi) is 6.03. The highest BCUT2D eigenvalue weighted by molar-refractivity contribution is 5.96. The van der Waals surface area contributed by atoms with E-state index in [4.69, 9.17) is 19.4 Å². The molecule has 33 heavy (non-hydrogen) atoms. The second-order valence-electron chi connectivity index (χ2n) is 7.92. The third-order valence-electron chi connectivity index (χ3n) is 5.78. The van der Waals surface area contributed by atoms with Gasteiger partial charge in [-0.2, -0.15) is 4.98 Å². The first-order valence-electron chi connectivity index (χ1n) is 11.1. The van der Waals surface area contributed by atoms with Crippen molar-refractivity contribution in [3.05, 3.63) is 48.8 Å². The zero-order valence-electron chi connectivity index (χ0n) is 18.5. The van der Waals surface area contributed by atoms with Gasteiger partial charge in [0.05, 0.1) is 32.2 Å². The van der Waals surface area contributed by atoms with E-state index in [0.717, 1.165) is 29.9 Å². The molecule has 0 aliphatic carbocycles. The molecule has 5 rings (SSSR count). The molecule has 3 aromatic rings. The zero-order valence-corrected chi connectivity index (χ0v) is 18.5. The van der Waals surface area contributed by atoms with Gasteiger partial charge in [-0.15, -0.1) is 0 Å². The van der Waals surface area contributed by atoms with Gasteiger partial charge in [0.2, 0.25) is 11.9 Å². The molecule has 0 spiro atoms. The Labute approximate surface area is 192 Å². The van der Waals surface area contributed by atoms with Crippen LogP contribution in [0.15, 0.2) is 48.8 Å². The van der Waals surface area contributed by atoms with E-state index in [9.17, 15) is 4.79 Å². The van der Waals surface area contributed by atoms with Crippen LogP contribution in [0.5, 0.6) is 5.75 Å². The lowest BCUT2D eigenvalue weighted by Gasteiger charge is -2.28. The lowest BCUT2D eigenvalue weighted by Crippen LogP contribution is -2.37. The summed E-state index contributed by atoms with van der Waals surface area (Å²) in [4.78, 5) is 30.1. The van der Waals surface area contributed by atoms with E-state index in [1.807, 2.05) is 41.3 Å². The van der Waals surface area contributed by atoms with Gasteiger partial charge in [0.25, 0.3) is 0 Å². The van der Waals surface area contributed by atoms with Crippen molar-refractivity contribution in [2.75, 3.05) is 55.1 Å². The minimum atomic E-state index is 0.148.